The van der Waals surface area contributed by atoms with Crippen LogP contribution in [-0.2, 0) is 22.1 Å². The number of hydrogen-bond acceptors (Lipinski definition) is 8. The molecular formula is C28H27F5N4O6. The zero-order valence-electron chi connectivity index (χ0n) is 22.9. The second-order valence-electron chi connectivity index (χ2n) is 10.9. The summed E-state index contributed by atoms with van der Waals surface area (Å²) in [7, 11) is 0. The summed E-state index contributed by atoms with van der Waals surface area (Å²) < 4.78 is 91.4. The number of nitrogens with zero attached hydrogens (tertiary/aromatic N) is 4. The minimum absolute atomic E-state index is 0.0510. The maximum Gasteiger partial charge on any atom is 0.586 e. The van der Waals surface area contributed by atoms with Crippen molar-refractivity contribution < 1.29 is 50.8 Å². The fourth-order valence-electron chi connectivity index (χ4n) is 5.94. The summed E-state index contributed by atoms with van der Waals surface area (Å²) in [6.45, 7) is 1.61. The number of alkyl halides is 5. The Kier molecular flexibility index (Phi) is 7.18. The van der Waals surface area contributed by atoms with Gasteiger partial charge >= 0.3 is 18.4 Å². The zero-order valence-corrected chi connectivity index (χ0v) is 22.9. The lowest BCUT2D eigenvalue weighted by molar-refractivity contribution is -0.286. The summed E-state index contributed by atoms with van der Waals surface area (Å²) >= 11 is 0. The van der Waals surface area contributed by atoms with Gasteiger partial charge in [0.05, 0.1) is 17.6 Å². The highest BCUT2D eigenvalue weighted by Crippen LogP contribution is 2.46. The fraction of sp³-hybridized carbons (Fsp3) is 0.500. The number of carboxylic acid groups (broad SMARTS) is 1. The van der Waals surface area contributed by atoms with Crippen LogP contribution in [0.4, 0.5) is 22.0 Å². The molecule has 3 aromatic rings. The Morgan fingerprint density at radius 1 is 1.12 bits per heavy atom. The van der Waals surface area contributed by atoms with E-state index in [0.717, 1.165) is 11.1 Å². The van der Waals surface area contributed by atoms with Gasteiger partial charge in [-0.2, -0.15) is 23.4 Å². The smallest absolute Gasteiger partial charge is 0.479 e. The summed E-state index contributed by atoms with van der Waals surface area (Å²) in [4.78, 5) is 12.3. The van der Waals surface area contributed by atoms with Gasteiger partial charge in [0.1, 0.15) is 12.2 Å². The van der Waals surface area contributed by atoms with Crippen LogP contribution in [-0.4, -0.2) is 42.9 Å². The maximum atomic E-state index is 14.1. The molecule has 6 rings (SSSR count). The molecular weight excluding hydrogens is 583 g/mol. The van der Waals surface area contributed by atoms with Gasteiger partial charge in [-0.05, 0) is 69.6 Å². The van der Waals surface area contributed by atoms with Crippen LogP contribution in [0.15, 0.2) is 30.5 Å². The van der Waals surface area contributed by atoms with Crippen molar-refractivity contribution in [1.29, 1.82) is 0 Å². The quantitative estimate of drug-likeness (QED) is 0.307. The first kappa shape index (κ1) is 29.1. The van der Waals surface area contributed by atoms with E-state index in [2.05, 4.69) is 24.8 Å². The summed E-state index contributed by atoms with van der Waals surface area (Å²) in [5.41, 5.74) is -1.98. The average Bonchev–Trinajstić information content (AvgIpc) is 3.50. The molecule has 0 amide bonds. The molecule has 1 fully saturated rings. The first-order valence-corrected chi connectivity index (χ1v) is 13.8. The molecule has 230 valence electrons. The molecule has 43 heavy (non-hydrogen) atoms. The molecule has 1 N–H and O–H groups in total. The highest BCUT2D eigenvalue weighted by Gasteiger charge is 2.47. The molecule has 1 saturated carbocycles. The van der Waals surface area contributed by atoms with E-state index in [1.165, 1.54) is 30.5 Å². The Morgan fingerprint density at radius 2 is 1.86 bits per heavy atom. The van der Waals surface area contributed by atoms with E-state index in [1.54, 1.807) is 6.92 Å². The Labute approximate surface area is 241 Å². The second kappa shape index (κ2) is 10.6. The zero-order chi connectivity index (χ0) is 30.6. The van der Waals surface area contributed by atoms with Crippen LogP contribution in [0.5, 0.6) is 17.4 Å². The normalized spacial score (nSPS) is 21.2. The molecule has 15 heteroatoms. The van der Waals surface area contributed by atoms with Crippen molar-refractivity contribution in [2.75, 3.05) is 0 Å². The Hall–Kier alpha value is -4.01. The molecule has 0 spiro atoms. The van der Waals surface area contributed by atoms with E-state index in [0.29, 0.717) is 31.2 Å². The monoisotopic (exact) mass is 610 g/mol. The number of carbonyl (C=O) groups is 1. The fourth-order valence-corrected chi connectivity index (χ4v) is 5.94. The number of aromatic nitrogens is 4. The van der Waals surface area contributed by atoms with Crippen molar-refractivity contribution in [2.24, 2.45) is 0 Å². The Balaban J connectivity index is 1.33. The van der Waals surface area contributed by atoms with E-state index >= 15 is 0 Å². The summed E-state index contributed by atoms with van der Waals surface area (Å²) in [6, 6.07) is 5.47. The van der Waals surface area contributed by atoms with Crippen molar-refractivity contribution in [3.05, 3.63) is 53.0 Å². The van der Waals surface area contributed by atoms with Crippen molar-refractivity contribution >= 4 is 5.97 Å². The third-order valence-corrected chi connectivity index (χ3v) is 7.96. The first-order valence-electron chi connectivity index (χ1n) is 13.8. The topological polar surface area (TPSA) is 118 Å². The van der Waals surface area contributed by atoms with Crippen molar-refractivity contribution in [3.8, 4) is 23.1 Å². The predicted octanol–water partition coefficient (Wildman–Crippen LogP) is 6.32. The van der Waals surface area contributed by atoms with Crippen LogP contribution < -0.4 is 14.2 Å². The second-order valence-corrected chi connectivity index (χ2v) is 10.9. The van der Waals surface area contributed by atoms with Crippen LogP contribution in [0.3, 0.4) is 0 Å². The molecule has 0 radical (unpaired) electrons. The number of rotatable bonds is 7. The lowest BCUT2D eigenvalue weighted by atomic mass is 9.83. The van der Waals surface area contributed by atoms with E-state index < -0.39 is 41.9 Å². The van der Waals surface area contributed by atoms with Gasteiger partial charge in [0.15, 0.2) is 22.8 Å². The number of ether oxygens (including phenoxy) is 4. The average molecular weight is 611 g/mol. The predicted molar refractivity (Wildman–Crippen MR) is 136 cm³/mol. The minimum atomic E-state index is -4.77. The number of carboxylic acids is 1. The summed E-state index contributed by atoms with van der Waals surface area (Å²) in [5.74, 6) is -1.53. The number of hydrogen-bond donors (Lipinski definition) is 1. The number of halogens is 5. The van der Waals surface area contributed by atoms with Gasteiger partial charge in [0.25, 0.3) is 0 Å². The van der Waals surface area contributed by atoms with Crippen molar-refractivity contribution in [3.63, 3.8) is 0 Å². The first-order chi connectivity index (χ1) is 20.4. The number of benzene rings is 1. The standard InChI is InChI=1S/C28H27F5N4O6/c1-15(16-8-9-19-21(12-16)43-28(32,33)42-19)40-22-13-17(14-34-35-22)37-23-18(24(36-37)27(29,30)31)6-5-7-20(23)41-26(25(38)39)10-3-2-4-11-26/h8-9,12-15,20H,2-7,10-11H2,1H3,(H,38,39)/t15-,20+/m0/s1. The van der Waals surface area contributed by atoms with Crippen LogP contribution in [0.2, 0.25) is 0 Å². The van der Waals surface area contributed by atoms with Crippen LogP contribution in [0.1, 0.15) is 86.6 Å². The minimum Gasteiger partial charge on any atom is -0.479 e. The third-order valence-electron chi connectivity index (χ3n) is 7.96. The molecule has 2 aromatic heterocycles. The van der Waals surface area contributed by atoms with Gasteiger partial charge in [0, 0.05) is 11.6 Å². The van der Waals surface area contributed by atoms with E-state index in [-0.39, 0.29) is 53.6 Å². The molecule has 2 aliphatic carbocycles. The van der Waals surface area contributed by atoms with Gasteiger partial charge in [-0.3, -0.25) is 0 Å². The molecule has 2 atom stereocenters. The summed E-state index contributed by atoms with van der Waals surface area (Å²) in [6.07, 6.45) is -5.63. The molecule has 3 heterocycles. The van der Waals surface area contributed by atoms with Gasteiger partial charge in [-0.1, -0.05) is 12.5 Å². The Morgan fingerprint density at radius 3 is 2.58 bits per heavy atom. The molecule has 0 unspecified atom stereocenters. The van der Waals surface area contributed by atoms with Crippen LogP contribution in [0, 0.1) is 0 Å². The third kappa shape index (κ3) is 5.57. The highest BCUT2D eigenvalue weighted by atomic mass is 19.4. The lowest BCUT2D eigenvalue weighted by Crippen LogP contribution is -2.45. The molecule has 3 aliphatic rings. The Bertz CT molecular complexity index is 1540. The largest absolute Gasteiger partial charge is 0.586 e. The molecule has 0 saturated heterocycles. The van der Waals surface area contributed by atoms with Crippen LogP contribution in [0.25, 0.3) is 5.69 Å². The maximum absolute atomic E-state index is 14.1. The van der Waals surface area contributed by atoms with Gasteiger partial charge < -0.3 is 24.1 Å². The van der Waals surface area contributed by atoms with Crippen molar-refractivity contribution in [2.45, 2.75) is 88.6 Å². The van der Waals surface area contributed by atoms with Crippen molar-refractivity contribution in [1.82, 2.24) is 20.0 Å². The summed E-state index contributed by atoms with van der Waals surface area (Å²) in [5, 5.41) is 21.8. The SMILES string of the molecule is C[C@H](Oc1cc(-n2nc(C(F)(F)F)c3c2[C@H](OC2(C(=O)O)CCCCC2)CCC3)cnn1)c1ccc2c(c1)OC(F)(F)O2. The van der Waals surface area contributed by atoms with E-state index in [1.807, 2.05) is 0 Å². The number of aliphatic carboxylic acids is 1. The van der Waals surface area contributed by atoms with Gasteiger partial charge in [-0.15, -0.1) is 13.9 Å². The molecule has 10 nitrogen and oxygen atoms in total. The molecule has 0 bridgehead atoms. The van der Waals surface area contributed by atoms with Gasteiger partial charge in [-0.25, -0.2) is 9.48 Å². The van der Waals surface area contributed by atoms with Crippen LogP contribution >= 0.6 is 0 Å². The highest BCUT2D eigenvalue weighted by molar-refractivity contribution is 5.77. The lowest BCUT2D eigenvalue weighted by Gasteiger charge is -2.38. The van der Waals surface area contributed by atoms with E-state index in [4.69, 9.17) is 9.47 Å². The van der Waals surface area contributed by atoms with E-state index in [9.17, 15) is 31.9 Å². The number of fused-ring (bicyclic) bond motifs is 2. The molecule has 1 aromatic carbocycles. The molecule has 1 aliphatic heterocycles. The van der Waals surface area contributed by atoms with Gasteiger partial charge in [0.2, 0.25) is 5.88 Å².